The summed E-state index contributed by atoms with van der Waals surface area (Å²) in [5, 5.41) is 2.02. The average molecular weight is 275 g/mol. The highest BCUT2D eigenvalue weighted by Crippen LogP contribution is 2.24. The lowest BCUT2D eigenvalue weighted by Gasteiger charge is -2.24. The fourth-order valence-corrected chi connectivity index (χ4v) is 2.65. The van der Waals surface area contributed by atoms with E-state index in [9.17, 15) is 4.79 Å². The predicted molar refractivity (Wildman–Crippen MR) is 77.0 cm³/mol. The third kappa shape index (κ3) is 3.00. The number of nitrogens with two attached hydrogens (primary N) is 1. The Labute approximate surface area is 116 Å². The first kappa shape index (κ1) is 13.7. The number of aromatic nitrogens is 1. The maximum Gasteiger partial charge on any atom is 0.254 e. The molecule has 2 heterocycles. The van der Waals surface area contributed by atoms with Crippen LogP contribution in [0.2, 0.25) is 0 Å². The molecule has 4 nitrogen and oxygen atoms in total. The molecule has 1 unspecified atom stereocenters. The van der Waals surface area contributed by atoms with Crippen LogP contribution >= 0.6 is 11.3 Å². The van der Waals surface area contributed by atoms with Gasteiger partial charge in [0, 0.05) is 30.2 Å². The van der Waals surface area contributed by atoms with Crippen LogP contribution in [0.15, 0.2) is 35.8 Å². The molecular weight excluding hydrogens is 258 g/mol. The zero-order valence-corrected chi connectivity index (χ0v) is 11.9. The van der Waals surface area contributed by atoms with Gasteiger partial charge in [-0.1, -0.05) is 6.07 Å². The molecule has 0 radical (unpaired) electrons. The standard InChI is InChI=1S/C14H17N3OS/c1-10(13-4-3-7-19-13)17(2)14(18)11-5-6-16-12(8-11)9-15/h3-8,10H,9,15H2,1-2H3. The summed E-state index contributed by atoms with van der Waals surface area (Å²) >= 11 is 1.65. The van der Waals surface area contributed by atoms with Crippen LogP contribution in [0.25, 0.3) is 0 Å². The van der Waals surface area contributed by atoms with Gasteiger partial charge in [-0.05, 0) is 30.5 Å². The Kier molecular flexibility index (Phi) is 4.29. The molecule has 0 bridgehead atoms. The molecule has 100 valence electrons. The summed E-state index contributed by atoms with van der Waals surface area (Å²) < 4.78 is 0. The third-order valence-corrected chi connectivity index (χ3v) is 4.17. The van der Waals surface area contributed by atoms with E-state index in [-0.39, 0.29) is 11.9 Å². The summed E-state index contributed by atoms with van der Waals surface area (Å²) in [6.45, 7) is 2.36. The first-order valence-corrected chi connectivity index (χ1v) is 6.97. The zero-order chi connectivity index (χ0) is 13.8. The molecule has 2 N–H and O–H groups in total. The van der Waals surface area contributed by atoms with Gasteiger partial charge in [0.2, 0.25) is 0 Å². The summed E-state index contributed by atoms with van der Waals surface area (Å²) in [5.74, 6) is -0.0157. The maximum atomic E-state index is 12.4. The number of hydrogen-bond donors (Lipinski definition) is 1. The first-order valence-electron chi connectivity index (χ1n) is 6.09. The first-order chi connectivity index (χ1) is 9.13. The number of carbonyl (C=O) groups is 1. The highest BCUT2D eigenvalue weighted by molar-refractivity contribution is 7.10. The number of rotatable bonds is 4. The predicted octanol–water partition coefficient (Wildman–Crippen LogP) is 2.44. The molecule has 0 aromatic carbocycles. The average Bonchev–Trinajstić information content (AvgIpc) is 2.99. The van der Waals surface area contributed by atoms with E-state index >= 15 is 0 Å². The highest BCUT2D eigenvalue weighted by Gasteiger charge is 2.19. The van der Waals surface area contributed by atoms with E-state index < -0.39 is 0 Å². The molecule has 0 aliphatic carbocycles. The fourth-order valence-electron chi connectivity index (χ4n) is 1.82. The van der Waals surface area contributed by atoms with Gasteiger partial charge in [-0.25, -0.2) is 0 Å². The number of carbonyl (C=O) groups excluding carboxylic acids is 1. The monoisotopic (exact) mass is 275 g/mol. The molecule has 0 aliphatic heterocycles. The number of amides is 1. The van der Waals surface area contributed by atoms with E-state index in [0.29, 0.717) is 12.1 Å². The van der Waals surface area contributed by atoms with Crippen LogP contribution in [-0.4, -0.2) is 22.8 Å². The van der Waals surface area contributed by atoms with Crippen molar-refractivity contribution in [2.24, 2.45) is 5.73 Å². The Morgan fingerprint density at radius 3 is 2.95 bits per heavy atom. The van der Waals surface area contributed by atoms with Gasteiger partial charge in [0.25, 0.3) is 5.91 Å². The second kappa shape index (κ2) is 5.95. The molecule has 2 aromatic rings. The smallest absolute Gasteiger partial charge is 0.254 e. The molecule has 1 amide bonds. The van der Waals surface area contributed by atoms with Crippen LogP contribution < -0.4 is 5.73 Å². The largest absolute Gasteiger partial charge is 0.334 e. The molecular formula is C14H17N3OS. The van der Waals surface area contributed by atoms with Crippen molar-refractivity contribution in [3.8, 4) is 0 Å². The maximum absolute atomic E-state index is 12.4. The molecule has 0 aliphatic rings. The van der Waals surface area contributed by atoms with Crippen molar-refractivity contribution in [2.45, 2.75) is 19.5 Å². The van der Waals surface area contributed by atoms with Crippen LogP contribution in [0.3, 0.4) is 0 Å². The zero-order valence-electron chi connectivity index (χ0n) is 11.0. The van der Waals surface area contributed by atoms with Crippen molar-refractivity contribution < 1.29 is 4.79 Å². The van der Waals surface area contributed by atoms with Gasteiger partial charge in [-0.2, -0.15) is 0 Å². The van der Waals surface area contributed by atoms with Crippen LogP contribution in [0.4, 0.5) is 0 Å². The van der Waals surface area contributed by atoms with E-state index in [0.717, 1.165) is 5.69 Å². The van der Waals surface area contributed by atoms with Gasteiger partial charge in [0.1, 0.15) is 0 Å². The number of hydrogen-bond acceptors (Lipinski definition) is 4. The molecule has 0 saturated heterocycles. The van der Waals surface area contributed by atoms with E-state index in [2.05, 4.69) is 4.98 Å². The minimum Gasteiger partial charge on any atom is -0.334 e. The minimum atomic E-state index is -0.0157. The summed E-state index contributed by atoms with van der Waals surface area (Å²) in [4.78, 5) is 19.4. The molecule has 0 spiro atoms. The Morgan fingerprint density at radius 1 is 1.53 bits per heavy atom. The second-order valence-electron chi connectivity index (χ2n) is 4.35. The number of nitrogens with zero attached hydrogens (tertiary/aromatic N) is 2. The second-order valence-corrected chi connectivity index (χ2v) is 5.33. The highest BCUT2D eigenvalue weighted by atomic mass is 32.1. The van der Waals surface area contributed by atoms with Gasteiger partial charge in [-0.3, -0.25) is 9.78 Å². The molecule has 2 aromatic heterocycles. The summed E-state index contributed by atoms with van der Waals surface area (Å²) in [6, 6.07) is 7.56. The summed E-state index contributed by atoms with van der Waals surface area (Å²) in [5.41, 5.74) is 6.90. The molecule has 0 saturated carbocycles. The molecule has 5 heteroatoms. The topological polar surface area (TPSA) is 59.2 Å². The number of pyridine rings is 1. The van der Waals surface area contributed by atoms with Crippen molar-refractivity contribution in [3.63, 3.8) is 0 Å². The third-order valence-electron chi connectivity index (χ3n) is 3.13. The van der Waals surface area contributed by atoms with Crippen molar-refractivity contribution in [2.75, 3.05) is 7.05 Å². The number of thiophene rings is 1. The lowest BCUT2D eigenvalue weighted by molar-refractivity contribution is 0.0744. The van der Waals surface area contributed by atoms with Gasteiger partial charge in [0.15, 0.2) is 0 Å². The van der Waals surface area contributed by atoms with Crippen molar-refractivity contribution >= 4 is 17.2 Å². The lowest BCUT2D eigenvalue weighted by Crippen LogP contribution is -2.29. The Hall–Kier alpha value is -1.72. The Balaban J connectivity index is 2.18. The molecule has 2 rings (SSSR count). The van der Waals surface area contributed by atoms with Gasteiger partial charge in [0.05, 0.1) is 11.7 Å². The normalized spacial score (nSPS) is 12.2. The van der Waals surface area contributed by atoms with Crippen molar-refractivity contribution in [1.29, 1.82) is 0 Å². The van der Waals surface area contributed by atoms with Crippen LogP contribution in [-0.2, 0) is 6.54 Å². The van der Waals surface area contributed by atoms with Gasteiger partial charge in [-0.15, -0.1) is 11.3 Å². The summed E-state index contributed by atoms with van der Waals surface area (Å²) in [7, 11) is 1.81. The van der Waals surface area contributed by atoms with E-state index in [1.807, 2.05) is 31.5 Å². The molecule has 19 heavy (non-hydrogen) atoms. The van der Waals surface area contributed by atoms with Gasteiger partial charge >= 0.3 is 0 Å². The fraction of sp³-hybridized carbons (Fsp3) is 0.286. The minimum absolute atomic E-state index is 0.0157. The van der Waals surface area contributed by atoms with Crippen molar-refractivity contribution in [1.82, 2.24) is 9.88 Å². The van der Waals surface area contributed by atoms with Crippen LogP contribution in [0, 0.1) is 0 Å². The van der Waals surface area contributed by atoms with E-state index in [1.165, 1.54) is 4.88 Å². The van der Waals surface area contributed by atoms with Gasteiger partial charge < -0.3 is 10.6 Å². The van der Waals surface area contributed by atoms with Crippen LogP contribution in [0.1, 0.15) is 33.9 Å². The quantitative estimate of drug-likeness (QED) is 0.932. The molecule has 1 atom stereocenters. The Morgan fingerprint density at radius 2 is 2.32 bits per heavy atom. The Bertz CT molecular complexity index is 554. The van der Waals surface area contributed by atoms with Crippen molar-refractivity contribution in [3.05, 3.63) is 52.0 Å². The summed E-state index contributed by atoms with van der Waals surface area (Å²) in [6.07, 6.45) is 1.62. The lowest BCUT2D eigenvalue weighted by atomic mass is 10.1. The van der Waals surface area contributed by atoms with Crippen LogP contribution in [0.5, 0.6) is 0 Å². The van der Waals surface area contributed by atoms with E-state index in [1.54, 1.807) is 34.6 Å². The van der Waals surface area contributed by atoms with E-state index in [4.69, 9.17) is 5.73 Å². The SMILES string of the molecule is CC(c1cccs1)N(C)C(=O)c1ccnc(CN)c1. The molecule has 0 fully saturated rings.